The van der Waals surface area contributed by atoms with Crippen molar-refractivity contribution in [3.8, 4) is 0 Å². The molecule has 0 saturated heterocycles. The first-order chi connectivity index (χ1) is 5.70. The normalized spacial score (nSPS) is 10.9. The molecule has 0 amide bonds. The van der Waals surface area contributed by atoms with E-state index >= 15 is 0 Å². The lowest BCUT2D eigenvalue weighted by Crippen LogP contribution is -1.84. The molecule has 0 saturated carbocycles. The van der Waals surface area contributed by atoms with Gasteiger partial charge in [0.05, 0.1) is 28.4 Å². The molecule has 12 heavy (non-hydrogen) atoms. The Morgan fingerprint density at radius 2 is 1.92 bits per heavy atom. The second kappa shape index (κ2) is 2.69. The summed E-state index contributed by atoms with van der Waals surface area (Å²) in [7, 11) is 0. The van der Waals surface area contributed by atoms with Crippen LogP contribution in [0.3, 0.4) is 0 Å². The zero-order valence-corrected chi connectivity index (χ0v) is 8.05. The molecular formula is C8H4F2IN. The number of fused-ring (bicyclic) bond motifs is 1. The number of aromatic nitrogens is 1. The molecule has 0 aliphatic heterocycles. The highest BCUT2D eigenvalue weighted by molar-refractivity contribution is 14.1. The van der Waals surface area contributed by atoms with Crippen LogP contribution < -0.4 is 0 Å². The van der Waals surface area contributed by atoms with Crippen LogP contribution in [0.4, 0.5) is 8.78 Å². The van der Waals surface area contributed by atoms with Crippen LogP contribution in [0.1, 0.15) is 0 Å². The van der Waals surface area contributed by atoms with Crippen LogP contribution in [0.5, 0.6) is 0 Å². The fraction of sp³-hybridized carbons (Fsp3) is 0. The summed E-state index contributed by atoms with van der Waals surface area (Å²) < 4.78 is 27.4. The maximum Gasteiger partial charge on any atom is 0.168 e. The molecule has 1 aromatic carbocycles. The second-order valence-electron chi connectivity index (χ2n) is 2.42. The van der Waals surface area contributed by atoms with Crippen molar-refractivity contribution in [2.45, 2.75) is 0 Å². The van der Waals surface area contributed by atoms with E-state index in [4.69, 9.17) is 0 Å². The molecule has 0 unspecified atom stereocenters. The van der Waals surface area contributed by atoms with Gasteiger partial charge in [0.2, 0.25) is 0 Å². The summed E-state index contributed by atoms with van der Waals surface area (Å²) in [6.45, 7) is 0. The van der Waals surface area contributed by atoms with E-state index in [9.17, 15) is 8.78 Å². The highest BCUT2D eigenvalue weighted by atomic mass is 127. The first-order valence-electron chi connectivity index (χ1n) is 3.31. The molecule has 0 N–H and O–H groups in total. The predicted molar refractivity (Wildman–Crippen MR) is 51.3 cm³/mol. The fourth-order valence-electron chi connectivity index (χ4n) is 1.12. The molecule has 1 heterocycles. The number of halogens is 3. The van der Waals surface area contributed by atoms with Gasteiger partial charge >= 0.3 is 0 Å². The van der Waals surface area contributed by atoms with Gasteiger partial charge < -0.3 is 0 Å². The third-order valence-electron chi connectivity index (χ3n) is 1.71. The standard InChI is InChI=1S/C8H4F2IN/c9-6-1-2-7-5(8(6)10)3-4-12(7)11/h1-4H. The van der Waals surface area contributed by atoms with Gasteiger partial charge in [-0.05, 0) is 18.2 Å². The van der Waals surface area contributed by atoms with Crippen molar-refractivity contribution in [2.75, 3.05) is 0 Å². The molecule has 0 atom stereocenters. The third-order valence-corrected chi connectivity index (χ3v) is 2.55. The van der Waals surface area contributed by atoms with Crippen molar-refractivity contribution in [1.29, 1.82) is 0 Å². The topological polar surface area (TPSA) is 4.93 Å². The molecule has 2 rings (SSSR count). The van der Waals surface area contributed by atoms with E-state index in [-0.39, 0.29) is 0 Å². The fourth-order valence-corrected chi connectivity index (χ4v) is 1.70. The highest BCUT2D eigenvalue weighted by Crippen LogP contribution is 2.22. The van der Waals surface area contributed by atoms with Crippen LogP contribution in [-0.2, 0) is 0 Å². The van der Waals surface area contributed by atoms with Crippen molar-refractivity contribution in [2.24, 2.45) is 0 Å². The summed E-state index contributed by atoms with van der Waals surface area (Å²) in [6.07, 6.45) is 1.69. The summed E-state index contributed by atoms with van der Waals surface area (Å²) in [5, 5.41) is 0.324. The predicted octanol–water partition coefficient (Wildman–Crippen LogP) is 3.12. The lowest BCUT2D eigenvalue weighted by molar-refractivity contribution is 0.517. The Morgan fingerprint density at radius 3 is 2.67 bits per heavy atom. The zero-order chi connectivity index (χ0) is 8.72. The highest BCUT2D eigenvalue weighted by Gasteiger charge is 2.08. The maximum atomic E-state index is 13.0. The van der Waals surface area contributed by atoms with Crippen LogP contribution in [-0.4, -0.2) is 2.78 Å². The molecule has 62 valence electrons. The summed E-state index contributed by atoms with van der Waals surface area (Å²) in [6, 6.07) is 4.24. The van der Waals surface area contributed by atoms with Crippen LogP contribution in [0.2, 0.25) is 0 Å². The average molecular weight is 279 g/mol. The Hall–Kier alpha value is -0.650. The number of rotatable bonds is 0. The van der Waals surface area contributed by atoms with E-state index in [1.807, 2.05) is 22.9 Å². The number of benzene rings is 1. The van der Waals surface area contributed by atoms with Crippen molar-refractivity contribution in [3.05, 3.63) is 36.0 Å². The summed E-state index contributed by atoms with van der Waals surface area (Å²) in [5.41, 5.74) is 0.689. The van der Waals surface area contributed by atoms with Crippen LogP contribution >= 0.6 is 22.9 Å². The molecule has 1 nitrogen and oxygen atoms in total. The van der Waals surface area contributed by atoms with Crippen molar-refractivity contribution in [3.63, 3.8) is 0 Å². The Morgan fingerprint density at radius 1 is 1.17 bits per heavy atom. The molecule has 0 aliphatic carbocycles. The van der Waals surface area contributed by atoms with E-state index in [1.54, 1.807) is 21.1 Å². The minimum Gasteiger partial charge on any atom is -0.290 e. The molecule has 1 aromatic heterocycles. The molecular weight excluding hydrogens is 275 g/mol. The monoisotopic (exact) mass is 279 g/mol. The van der Waals surface area contributed by atoms with Gasteiger partial charge in [-0.2, -0.15) is 0 Å². The van der Waals surface area contributed by atoms with E-state index in [0.29, 0.717) is 10.9 Å². The molecule has 0 bridgehead atoms. The second-order valence-corrected chi connectivity index (χ2v) is 3.46. The quantitative estimate of drug-likeness (QED) is 0.653. The number of hydrogen-bond acceptors (Lipinski definition) is 0. The van der Waals surface area contributed by atoms with Crippen LogP contribution in [0.15, 0.2) is 24.4 Å². The minimum atomic E-state index is -0.801. The van der Waals surface area contributed by atoms with Crippen molar-refractivity contribution in [1.82, 2.24) is 2.78 Å². The maximum absolute atomic E-state index is 13.0. The first kappa shape index (κ1) is 7.97. The molecule has 0 aliphatic rings. The van der Waals surface area contributed by atoms with Gasteiger partial charge in [0.1, 0.15) is 0 Å². The van der Waals surface area contributed by atoms with Crippen molar-refractivity contribution >= 4 is 33.8 Å². The average Bonchev–Trinajstić information content (AvgIpc) is 2.41. The smallest absolute Gasteiger partial charge is 0.168 e. The lowest BCUT2D eigenvalue weighted by atomic mass is 10.2. The molecule has 0 fully saturated rings. The van der Waals surface area contributed by atoms with Gasteiger partial charge in [0.25, 0.3) is 0 Å². The molecule has 4 heteroatoms. The Balaban J connectivity index is 2.93. The minimum absolute atomic E-state index is 0.324. The van der Waals surface area contributed by atoms with E-state index in [2.05, 4.69) is 0 Å². The molecule has 0 radical (unpaired) electrons. The van der Waals surface area contributed by atoms with E-state index in [0.717, 1.165) is 6.07 Å². The van der Waals surface area contributed by atoms with Gasteiger partial charge in [0, 0.05) is 11.6 Å². The Kier molecular flexibility index (Phi) is 1.79. The third kappa shape index (κ3) is 1.01. The van der Waals surface area contributed by atoms with Gasteiger partial charge in [0.15, 0.2) is 11.6 Å². The van der Waals surface area contributed by atoms with Gasteiger partial charge in [-0.1, -0.05) is 0 Å². The lowest BCUT2D eigenvalue weighted by Gasteiger charge is -1.95. The van der Waals surface area contributed by atoms with E-state index < -0.39 is 11.6 Å². The summed E-state index contributed by atoms with van der Waals surface area (Å²) in [4.78, 5) is 0. The van der Waals surface area contributed by atoms with Gasteiger partial charge in [-0.25, -0.2) is 8.78 Å². The van der Waals surface area contributed by atoms with Crippen LogP contribution in [0, 0.1) is 11.6 Å². The molecule has 2 aromatic rings. The Bertz CT molecular complexity index is 436. The van der Waals surface area contributed by atoms with Crippen molar-refractivity contribution < 1.29 is 8.78 Å². The number of hydrogen-bond donors (Lipinski definition) is 0. The van der Waals surface area contributed by atoms with Gasteiger partial charge in [-0.15, -0.1) is 0 Å². The van der Waals surface area contributed by atoms with Gasteiger partial charge in [-0.3, -0.25) is 2.78 Å². The molecule has 0 spiro atoms. The van der Waals surface area contributed by atoms with Crippen LogP contribution in [0.25, 0.3) is 10.9 Å². The largest absolute Gasteiger partial charge is 0.290 e. The zero-order valence-electron chi connectivity index (χ0n) is 5.89. The summed E-state index contributed by atoms with van der Waals surface area (Å²) in [5.74, 6) is -1.58. The SMILES string of the molecule is Fc1ccc2c(ccn2I)c1F. The summed E-state index contributed by atoms with van der Waals surface area (Å²) >= 11 is 2.01. The first-order valence-corrected chi connectivity index (χ1v) is 4.28. The van der Waals surface area contributed by atoms with E-state index in [1.165, 1.54) is 0 Å². The Labute approximate surface area is 81.5 Å². The number of nitrogens with zero attached hydrogens (tertiary/aromatic N) is 1.